The predicted octanol–water partition coefficient (Wildman–Crippen LogP) is 5.21. The van der Waals surface area contributed by atoms with Gasteiger partial charge in [-0.2, -0.15) is 0 Å². The van der Waals surface area contributed by atoms with Crippen LogP contribution in [0, 0.1) is 24.3 Å². The molecule has 1 aromatic carbocycles. The van der Waals surface area contributed by atoms with Gasteiger partial charge in [0.15, 0.2) is 5.75 Å². The van der Waals surface area contributed by atoms with Crippen molar-refractivity contribution in [2.45, 2.75) is 20.8 Å². The summed E-state index contributed by atoms with van der Waals surface area (Å²) in [5.41, 5.74) is 3.79. The SMILES string of the molecule is COC(=S)Oc1c(C)c(-c2cccnc2)oc(=O)c1-c1c(C)cc(I)cc1C. The average molecular weight is 507 g/mol. The summed E-state index contributed by atoms with van der Waals surface area (Å²) in [5, 5.41) is -0.0760. The first-order chi connectivity index (χ1) is 13.3. The zero-order valence-corrected chi connectivity index (χ0v) is 18.8. The fraction of sp³-hybridized carbons (Fsp3) is 0.190. The van der Waals surface area contributed by atoms with Crippen molar-refractivity contribution in [3.8, 4) is 28.2 Å². The number of nitrogens with zero attached hydrogens (tertiary/aromatic N) is 1. The first-order valence-electron chi connectivity index (χ1n) is 8.44. The molecular formula is C21H18INO4S. The monoisotopic (exact) mass is 507 g/mol. The van der Waals surface area contributed by atoms with Gasteiger partial charge in [0.1, 0.15) is 11.3 Å². The van der Waals surface area contributed by atoms with Crippen molar-refractivity contribution in [1.29, 1.82) is 0 Å². The van der Waals surface area contributed by atoms with Crippen molar-refractivity contribution < 1.29 is 13.9 Å². The first-order valence-corrected chi connectivity index (χ1v) is 9.93. The minimum atomic E-state index is -0.509. The molecule has 2 heterocycles. The molecule has 3 rings (SSSR count). The van der Waals surface area contributed by atoms with E-state index in [4.69, 9.17) is 26.1 Å². The van der Waals surface area contributed by atoms with E-state index in [9.17, 15) is 4.79 Å². The second kappa shape index (κ2) is 8.40. The van der Waals surface area contributed by atoms with Crippen molar-refractivity contribution in [3.63, 3.8) is 0 Å². The third-order valence-corrected chi connectivity index (χ3v) is 5.20. The Labute approximate surface area is 181 Å². The van der Waals surface area contributed by atoms with Crippen LogP contribution in [0.5, 0.6) is 5.75 Å². The number of thiocarbonyl (C=S) groups is 1. The average Bonchev–Trinajstić information content (AvgIpc) is 2.66. The molecule has 144 valence electrons. The van der Waals surface area contributed by atoms with Crippen LogP contribution in [0.3, 0.4) is 0 Å². The second-order valence-corrected chi connectivity index (χ2v) is 7.84. The Bertz CT molecular complexity index is 1090. The summed E-state index contributed by atoms with van der Waals surface area (Å²) in [6.45, 7) is 5.72. The zero-order valence-electron chi connectivity index (χ0n) is 15.8. The van der Waals surface area contributed by atoms with Gasteiger partial charge in [0.05, 0.1) is 7.11 Å². The Kier molecular flexibility index (Phi) is 6.14. The van der Waals surface area contributed by atoms with Gasteiger partial charge in [0.2, 0.25) is 0 Å². The quantitative estimate of drug-likeness (QED) is 0.359. The van der Waals surface area contributed by atoms with Crippen molar-refractivity contribution in [2.75, 3.05) is 7.11 Å². The summed E-state index contributed by atoms with van der Waals surface area (Å²) in [4.78, 5) is 17.2. The summed E-state index contributed by atoms with van der Waals surface area (Å²) in [6.07, 6.45) is 3.28. The Hall–Kier alpha value is -2.26. The van der Waals surface area contributed by atoms with Gasteiger partial charge in [-0.3, -0.25) is 4.98 Å². The van der Waals surface area contributed by atoms with Crippen LogP contribution in [-0.4, -0.2) is 17.3 Å². The Morgan fingerprint density at radius 1 is 1.18 bits per heavy atom. The summed E-state index contributed by atoms with van der Waals surface area (Å²) >= 11 is 7.36. The third kappa shape index (κ3) is 3.95. The number of ether oxygens (including phenoxy) is 2. The lowest BCUT2D eigenvalue weighted by molar-refractivity contribution is 0.313. The number of hydrogen-bond acceptors (Lipinski definition) is 6. The van der Waals surface area contributed by atoms with Crippen LogP contribution in [0.25, 0.3) is 22.5 Å². The molecule has 0 aliphatic rings. The van der Waals surface area contributed by atoms with Gasteiger partial charge in [-0.15, -0.1) is 0 Å². The van der Waals surface area contributed by atoms with Crippen molar-refractivity contribution >= 4 is 40.0 Å². The molecule has 0 saturated heterocycles. The lowest BCUT2D eigenvalue weighted by atomic mass is 9.94. The second-order valence-electron chi connectivity index (χ2n) is 6.26. The lowest BCUT2D eigenvalue weighted by Gasteiger charge is -2.18. The minimum Gasteiger partial charge on any atom is -0.460 e. The van der Waals surface area contributed by atoms with Crippen LogP contribution < -0.4 is 10.4 Å². The molecular weight excluding hydrogens is 489 g/mol. The van der Waals surface area contributed by atoms with E-state index in [0.717, 1.165) is 20.3 Å². The topological polar surface area (TPSA) is 61.6 Å². The molecule has 0 N–H and O–H groups in total. The molecule has 28 heavy (non-hydrogen) atoms. The van der Waals surface area contributed by atoms with Gasteiger partial charge < -0.3 is 13.9 Å². The normalized spacial score (nSPS) is 10.6. The molecule has 0 atom stereocenters. The summed E-state index contributed by atoms with van der Waals surface area (Å²) in [5.74, 6) is 0.714. The Balaban J connectivity index is 2.36. The third-order valence-electron chi connectivity index (χ3n) is 4.33. The summed E-state index contributed by atoms with van der Waals surface area (Å²) < 4.78 is 17.6. The van der Waals surface area contributed by atoms with Gasteiger partial charge in [0.25, 0.3) is 0 Å². The number of methoxy groups -OCH3 is 1. The van der Waals surface area contributed by atoms with E-state index in [1.165, 1.54) is 7.11 Å². The standard InChI is InChI=1S/C21H18INO4S/c1-11-8-15(22)9-12(2)16(11)17-19(27-21(28)25-4)13(3)18(26-20(17)24)14-6-5-7-23-10-14/h5-10H,1-4H3. The maximum atomic E-state index is 13.1. The number of benzene rings is 1. The molecule has 0 amide bonds. The molecule has 7 heteroatoms. The van der Waals surface area contributed by atoms with Gasteiger partial charge in [-0.25, -0.2) is 4.79 Å². The molecule has 0 aliphatic carbocycles. The van der Waals surface area contributed by atoms with E-state index in [-0.39, 0.29) is 5.24 Å². The van der Waals surface area contributed by atoms with E-state index in [1.807, 2.05) is 39.0 Å². The molecule has 0 unspecified atom stereocenters. The van der Waals surface area contributed by atoms with E-state index >= 15 is 0 Å². The summed E-state index contributed by atoms with van der Waals surface area (Å²) in [6, 6.07) is 7.60. The number of pyridine rings is 1. The smallest absolute Gasteiger partial charge is 0.357 e. The largest absolute Gasteiger partial charge is 0.460 e. The Morgan fingerprint density at radius 3 is 2.43 bits per heavy atom. The van der Waals surface area contributed by atoms with Gasteiger partial charge in [0, 0.05) is 39.3 Å². The van der Waals surface area contributed by atoms with Crippen molar-refractivity contribution in [2.24, 2.45) is 0 Å². The summed E-state index contributed by atoms with van der Waals surface area (Å²) in [7, 11) is 1.42. The molecule has 5 nitrogen and oxygen atoms in total. The zero-order chi connectivity index (χ0) is 20.4. The highest BCUT2D eigenvalue weighted by Gasteiger charge is 2.25. The van der Waals surface area contributed by atoms with Crippen LogP contribution in [0.2, 0.25) is 0 Å². The fourth-order valence-corrected chi connectivity index (χ4v) is 4.17. The number of halogens is 1. The van der Waals surface area contributed by atoms with E-state index in [2.05, 4.69) is 27.6 Å². The molecule has 3 aromatic rings. The maximum absolute atomic E-state index is 13.1. The number of aryl methyl sites for hydroxylation is 2. The Morgan fingerprint density at radius 2 is 1.86 bits per heavy atom. The van der Waals surface area contributed by atoms with Crippen LogP contribution in [0.15, 0.2) is 45.9 Å². The van der Waals surface area contributed by atoms with Crippen LogP contribution >= 0.6 is 34.8 Å². The lowest BCUT2D eigenvalue weighted by Crippen LogP contribution is -2.15. The molecule has 0 fully saturated rings. The van der Waals surface area contributed by atoms with Crippen LogP contribution in [0.1, 0.15) is 16.7 Å². The van der Waals surface area contributed by atoms with Gasteiger partial charge in [-0.1, -0.05) is 0 Å². The molecule has 0 radical (unpaired) electrons. The van der Waals surface area contributed by atoms with E-state index < -0.39 is 5.63 Å². The molecule has 0 aliphatic heterocycles. The number of aromatic nitrogens is 1. The number of rotatable bonds is 3. The highest BCUT2D eigenvalue weighted by molar-refractivity contribution is 14.1. The van der Waals surface area contributed by atoms with Gasteiger partial charge in [-0.05, 0) is 84.3 Å². The first kappa shape index (κ1) is 20.5. The van der Waals surface area contributed by atoms with Crippen molar-refractivity contribution in [3.05, 3.63) is 67.3 Å². The van der Waals surface area contributed by atoms with Crippen LogP contribution in [0.4, 0.5) is 0 Å². The fourth-order valence-electron chi connectivity index (χ4n) is 3.15. The number of hydrogen-bond donors (Lipinski definition) is 0. The van der Waals surface area contributed by atoms with Crippen LogP contribution in [-0.2, 0) is 4.74 Å². The minimum absolute atomic E-state index is 0.0760. The van der Waals surface area contributed by atoms with Gasteiger partial charge >= 0.3 is 10.9 Å². The van der Waals surface area contributed by atoms with E-state index in [0.29, 0.717) is 28.2 Å². The maximum Gasteiger partial charge on any atom is 0.357 e. The molecule has 0 bridgehead atoms. The predicted molar refractivity (Wildman–Crippen MR) is 121 cm³/mol. The van der Waals surface area contributed by atoms with Crippen molar-refractivity contribution in [1.82, 2.24) is 4.98 Å². The molecule has 0 spiro atoms. The highest BCUT2D eigenvalue weighted by Crippen LogP contribution is 2.39. The highest BCUT2D eigenvalue weighted by atomic mass is 127. The molecule has 0 saturated carbocycles. The molecule has 2 aromatic heterocycles. The van der Waals surface area contributed by atoms with E-state index in [1.54, 1.807) is 18.5 Å².